The summed E-state index contributed by atoms with van der Waals surface area (Å²) in [6.07, 6.45) is 7.69. The molecule has 109 valence electrons. The molecule has 1 aromatic carbocycles. The van der Waals surface area contributed by atoms with Gasteiger partial charge in [0.25, 0.3) is 0 Å². The summed E-state index contributed by atoms with van der Waals surface area (Å²) in [5.41, 5.74) is 0. The van der Waals surface area contributed by atoms with Crippen LogP contribution in [0.2, 0.25) is 0 Å². The first-order valence-electron chi connectivity index (χ1n) is 5.00. The van der Waals surface area contributed by atoms with Crippen LogP contribution in [-0.2, 0) is 15.0 Å². The van der Waals surface area contributed by atoms with Crippen LogP contribution in [0, 0.1) is 0 Å². The Hall–Kier alpha value is -0.771. The SMILES string of the molecule is C1=CC[C]([Fe+][c]2ccccc2)=C1.F[P-](F)(F)(F)(F)F. The van der Waals surface area contributed by atoms with Crippen molar-refractivity contribution in [2.45, 2.75) is 6.42 Å². The Morgan fingerprint density at radius 2 is 1.42 bits per heavy atom. The molecule has 1 aliphatic carbocycles. The van der Waals surface area contributed by atoms with E-state index in [2.05, 4.69) is 48.6 Å². The summed E-state index contributed by atoms with van der Waals surface area (Å²) in [6.45, 7) is 0. The molecule has 19 heavy (non-hydrogen) atoms. The number of rotatable bonds is 2. The molecule has 1 aromatic rings. The van der Waals surface area contributed by atoms with Crippen LogP contribution < -0.4 is 4.46 Å². The maximum absolute atomic E-state index is 10.7. The molecule has 0 fully saturated rings. The summed E-state index contributed by atoms with van der Waals surface area (Å²) in [4.78, 5) is 0. The molecular weight excluding hydrogens is 333 g/mol. The molecule has 0 nitrogen and oxygen atoms in total. The zero-order chi connectivity index (χ0) is 14.6. The molecule has 0 spiro atoms. The van der Waals surface area contributed by atoms with Crippen molar-refractivity contribution in [1.82, 2.24) is 0 Å². The van der Waals surface area contributed by atoms with Crippen molar-refractivity contribution in [1.29, 1.82) is 0 Å². The fourth-order valence-corrected chi connectivity index (χ4v) is 2.33. The number of allylic oxidation sites excluding steroid dienone is 4. The van der Waals surface area contributed by atoms with Crippen molar-refractivity contribution in [3.8, 4) is 0 Å². The Kier molecular flexibility index (Phi) is 4.26. The molecule has 0 heterocycles. The molecule has 1 aliphatic rings. The second-order valence-electron chi connectivity index (χ2n) is 3.56. The van der Waals surface area contributed by atoms with Gasteiger partial charge in [-0.2, -0.15) is 0 Å². The Labute approximate surface area is 112 Å². The zero-order valence-corrected chi connectivity index (χ0v) is 11.4. The summed E-state index contributed by atoms with van der Waals surface area (Å²) in [6, 6.07) is 10.6. The molecule has 0 amide bonds. The summed E-state index contributed by atoms with van der Waals surface area (Å²) >= 11 is 1.10. The van der Waals surface area contributed by atoms with E-state index in [1.807, 2.05) is 0 Å². The normalized spacial score (nSPS) is 17.9. The topological polar surface area (TPSA) is 0 Å². The quantitative estimate of drug-likeness (QED) is 0.371. The van der Waals surface area contributed by atoms with Crippen LogP contribution in [0.5, 0.6) is 0 Å². The van der Waals surface area contributed by atoms with E-state index in [1.165, 1.54) is 8.93 Å². The first kappa shape index (κ1) is 16.3. The Morgan fingerprint density at radius 1 is 0.895 bits per heavy atom. The van der Waals surface area contributed by atoms with E-state index in [4.69, 9.17) is 0 Å². The van der Waals surface area contributed by atoms with E-state index in [-0.39, 0.29) is 0 Å². The third kappa shape index (κ3) is 12.0. The van der Waals surface area contributed by atoms with Crippen molar-refractivity contribution in [3.63, 3.8) is 0 Å². The van der Waals surface area contributed by atoms with Crippen LogP contribution in [-0.4, -0.2) is 0 Å². The van der Waals surface area contributed by atoms with Crippen molar-refractivity contribution >= 4 is 12.3 Å². The molecule has 0 radical (unpaired) electrons. The molecule has 0 unspecified atom stereocenters. The van der Waals surface area contributed by atoms with Crippen LogP contribution in [0.15, 0.2) is 53.0 Å². The number of halogens is 6. The monoisotopic (exact) mass is 343 g/mol. The fourth-order valence-electron chi connectivity index (χ4n) is 1.08. The number of hydrogen-bond donors (Lipinski definition) is 0. The van der Waals surface area contributed by atoms with Crippen molar-refractivity contribution in [3.05, 3.63) is 53.0 Å². The molecule has 8 heteroatoms. The second-order valence-corrected chi connectivity index (χ2v) is 7.10. The van der Waals surface area contributed by atoms with Gasteiger partial charge in [0.05, 0.1) is 0 Å². The van der Waals surface area contributed by atoms with Gasteiger partial charge in [-0.1, -0.05) is 0 Å². The fraction of sp³-hybridized carbons (Fsp3) is 0.0909. The minimum atomic E-state index is -10.7. The number of hydrogen-bond acceptors (Lipinski definition) is 0. The first-order chi connectivity index (χ1) is 8.40. The predicted molar refractivity (Wildman–Crippen MR) is 61.5 cm³/mol. The molecule has 0 aliphatic heterocycles. The van der Waals surface area contributed by atoms with Gasteiger partial charge in [0.1, 0.15) is 0 Å². The summed E-state index contributed by atoms with van der Waals surface area (Å²) in [7, 11) is -10.7. The molecule has 0 aromatic heterocycles. The van der Waals surface area contributed by atoms with Gasteiger partial charge in [0, 0.05) is 0 Å². The molecule has 0 N–H and O–H groups in total. The van der Waals surface area contributed by atoms with Crippen LogP contribution in [0.25, 0.3) is 0 Å². The van der Waals surface area contributed by atoms with Crippen LogP contribution in [0.1, 0.15) is 6.42 Å². The van der Waals surface area contributed by atoms with Crippen molar-refractivity contribution in [2.24, 2.45) is 0 Å². The van der Waals surface area contributed by atoms with E-state index in [1.54, 1.807) is 0 Å². The average Bonchev–Trinajstić information content (AvgIpc) is 2.67. The summed E-state index contributed by atoms with van der Waals surface area (Å²) < 4.78 is 62.1. The van der Waals surface area contributed by atoms with Gasteiger partial charge in [0.2, 0.25) is 0 Å². The molecular formula is C11H10F6FeP. The van der Waals surface area contributed by atoms with Crippen LogP contribution in [0.4, 0.5) is 25.2 Å². The molecule has 0 bridgehead atoms. The zero-order valence-electron chi connectivity index (χ0n) is 9.39. The van der Waals surface area contributed by atoms with Gasteiger partial charge >= 0.3 is 112 Å². The summed E-state index contributed by atoms with van der Waals surface area (Å²) in [5.74, 6) is 0. The van der Waals surface area contributed by atoms with Gasteiger partial charge in [-0.3, -0.25) is 0 Å². The van der Waals surface area contributed by atoms with E-state index in [0.29, 0.717) is 0 Å². The van der Waals surface area contributed by atoms with Crippen molar-refractivity contribution in [2.75, 3.05) is 0 Å². The minimum absolute atomic E-state index is 1.10. The van der Waals surface area contributed by atoms with E-state index < -0.39 is 7.81 Å². The first-order valence-corrected chi connectivity index (χ1v) is 8.13. The molecule has 2 rings (SSSR count). The van der Waals surface area contributed by atoms with Gasteiger partial charge < -0.3 is 0 Å². The third-order valence-corrected chi connectivity index (χ3v) is 3.11. The van der Waals surface area contributed by atoms with Gasteiger partial charge in [0.15, 0.2) is 0 Å². The van der Waals surface area contributed by atoms with Gasteiger partial charge in [-0.05, 0) is 0 Å². The predicted octanol–water partition coefficient (Wildman–Crippen LogP) is 5.62. The van der Waals surface area contributed by atoms with E-state index in [0.717, 1.165) is 21.4 Å². The molecule has 0 atom stereocenters. The van der Waals surface area contributed by atoms with Crippen LogP contribution in [0.3, 0.4) is 0 Å². The average molecular weight is 343 g/mol. The summed E-state index contributed by atoms with van der Waals surface area (Å²) in [5, 5.41) is 0. The maximum atomic E-state index is 9.87. The Bertz CT molecular complexity index is 477. The van der Waals surface area contributed by atoms with E-state index >= 15 is 0 Å². The van der Waals surface area contributed by atoms with Crippen molar-refractivity contribution < 1.29 is 40.1 Å². The second kappa shape index (κ2) is 4.97. The molecule has 0 saturated heterocycles. The Morgan fingerprint density at radius 3 is 1.84 bits per heavy atom. The van der Waals surface area contributed by atoms with Gasteiger partial charge in [-0.25, -0.2) is 0 Å². The van der Waals surface area contributed by atoms with Crippen LogP contribution >= 0.6 is 7.81 Å². The molecule has 0 saturated carbocycles. The van der Waals surface area contributed by atoms with Gasteiger partial charge in [-0.15, -0.1) is 0 Å². The third-order valence-electron chi connectivity index (χ3n) is 1.66. The standard InChI is InChI=1S/C6H5.C5H5.F6P.Fe/c1-2-4-6-5-3-1;1-2-4-5-3-1;1-7(2,3,4,5)6;/h1-5H;1-3H,4H2;;/q;;-1;+1. The Balaban J connectivity index is 0.000000224. The van der Waals surface area contributed by atoms with E-state index in [9.17, 15) is 25.2 Å². The number of benzene rings is 1.